The molecule has 34 heavy (non-hydrogen) atoms. The molecule has 10 heteroatoms. The van der Waals surface area contributed by atoms with Gasteiger partial charge in [0.15, 0.2) is 5.41 Å². The second-order valence-electron chi connectivity index (χ2n) is 8.71. The lowest BCUT2D eigenvalue weighted by Gasteiger charge is -2.37. The second-order valence-corrected chi connectivity index (χ2v) is 8.71. The molecule has 178 valence electrons. The van der Waals surface area contributed by atoms with Gasteiger partial charge in [-0.25, -0.2) is 13.8 Å². The lowest BCUT2D eigenvalue weighted by molar-refractivity contribution is -0.132. The molecule has 1 aromatic heterocycles. The van der Waals surface area contributed by atoms with Crippen molar-refractivity contribution >= 4 is 17.6 Å². The van der Waals surface area contributed by atoms with Gasteiger partial charge in [0.25, 0.3) is 0 Å². The highest BCUT2D eigenvalue weighted by Crippen LogP contribution is 2.34. The van der Waals surface area contributed by atoms with Gasteiger partial charge in [-0.15, -0.1) is 0 Å². The van der Waals surface area contributed by atoms with Crippen LogP contribution >= 0.6 is 0 Å². The fourth-order valence-corrected chi connectivity index (χ4v) is 4.38. The second kappa shape index (κ2) is 9.73. The van der Waals surface area contributed by atoms with Crippen molar-refractivity contribution in [3.63, 3.8) is 0 Å². The Hall–Kier alpha value is -3.58. The number of methoxy groups -OCH3 is 1. The Morgan fingerprint density at radius 1 is 1.24 bits per heavy atom. The fourth-order valence-electron chi connectivity index (χ4n) is 4.38. The van der Waals surface area contributed by atoms with E-state index in [4.69, 9.17) is 4.74 Å². The van der Waals surface area contributed by atoms with Gasteiger partial charge in [-0.2, -0.15) is 5.26 Å². The number of rotatable bonds is 6. The molecule has 8 nitrogen and oxygen atoms in total. The van der Waals surface area contributed by atoms with Gasteiger partial charge < -0.3 is 20.7 Å². The Labute approximate surface area is 195 Å². The van der Waals surface area contributed by atoms with Crippen molar-refractivity contribution in [1.82, 2.24) is 15.6 Å². The molecule has 1 saturated carbocycles. The van der Waals surface area contributed by atoms with Crippen molar-refractivity contribution in [3.8, 4) is 22.9 Å². The fraction of sp³-hybridized carbons (Fsp3) is 0.417. The molecule has 0 bridgehead atoms. The van der Waals surface area contributed by atoms with Crippen molar-refractivity contribution in [2.24, 2.45) is 11.3 Å². The summed E-state index contributed by atoms with van der Waals surface area (Å²) in [4.78, 5) is 29.4. The number of carbonyl (C=O) groups is 2. The molecule has 1 aliphatic carbocycles. The third-order valence-corrected chi connectivity index (χ3v) is 6.44. The number of ether oxygens (including phenoxy) is 1. The van der Waals surface area contributed by atoms with Crippen LogP contribution < -0.4 is 20.7 Å². The van der Waals surface area contributed by atoms with Crippen LogP contribution in [0.3, 0.4) is 0 Å². The number of amides is 2. The first-order valence-electron chi connectivity index (χ1n) is 11.1. The molecule has 2 aromatic rings. The van der Waals surface area contributed by atoms with Crippen LogP contribution in [-0.4, -0.2) is 43.0 Å². The summed E-state index contributed by atoms with van der Waals surface area (Å²) in [6.07, 6.45) is 3.55. The minimum Gasteiger partial charge on any atom is -0.496 e. The van der Waals surface area contributed by atoms with Gasteiger partial charge in [0.05, 0.1) is 19.4 Å². The molecule has 2 atom stereocenters. The third-order valence-electron chi connectivity index (χ3n) is 6.44. The number of benzene rings is 1. The molecule has 2 heterocycles. The van der Waals surface area contributed by atoms with Crippen LogP contribution in [0.4, 0.5) is 14.6 Å². The summed E-state index contributed by atoms with van der Waals surface area (Å²) in [5.41, 5.74) is -0.589. The van der Waals surface area contributed by atoms with Crippen LogP contribution in [0.25, 0.3) is 11.1 Å². The molecule has 1 aromatic carbocycles. The zero-order valence-corrected chi connectivity index (χ0v) is 18.7. The van der Waals surface area contributed by atoms with E-state index in [1.54, 1.807) is 0 Å². The molecule has 2 aliphatic rings. The molecule has 0 spiro atoms. The Morgan fingerprint density at radius 3 is 2.71 bits per heavy atom. The number of carbonyl (C=O) groups excluding carboxylic acids is 2. The number of hydrogen-bond donors (Lipinski definition) is 3. The number of halogens is 2. The minimum absolute atomic E-state index is 0.117. The maximum Gasteiger partial charge on any atom is 0.243 e. The Morgan fingerprint density at radius 2 is 2.03 bits per heavy atom. The predicted octanol–water partition coefficient (Wildman–Crippen LogP) is 2.76. The number of pyridine rings is 1. The zero-order chi connectivity index (χ0) is 24.3. The van der Waals surface area contributed by atoms with E-state index in [1.807, 2.05) is 0 Å². The number of nitrogens with one attached hydrogen (secondary N) is 3. The average Bonchev–Trinajstić information content (AvgIpc) is 2.80. The summed E-state index contributed by atoms with van der Waals surface area (Å²) >= 11 is 0. The van der Waals surface area contributed by atoms with E-state index in [-0.39, 0.29) is 40.9 Å². The summed E-state index contributed by atoms with van der Waals surface area (Å²) in [5, 5.41) is 17.9. The summed E-state index contributed by atoms with van der Waals surface area (Å²) in [5.74, 6) is -1.80. The first-order valence-corrected chi connectivity index (χ1v) is 11.1. The number of hydrogen-bond acceptors (Lipinski definition) is 6. The molecule has 2 amide bonds. The van der Waals surface area contributed by atoms with E-state index in [0.717, 1.165) is 25.1 Å². The van der Waals surface area contributed by atoms with Crippen molar-refractivity contribution in [3.05, 3.63) is 42.1 Å². The van der Waals surface area contributed by atoms with E-state index < -0.39 is 17.0 Å². The summed E-state index contributed by atoms with van der Waals surface area (Å²) in [6.45, 7) is 0.646. The van der Waals surface area contributed by atoms with E-state index >= 15 is 0 Å². The lowest BCUT2D eigenvalue weighted by atomic mass is 9.80. The van der Waals surface area contributed by atoms with E-state index in [9.17, 15) is 23.6 Å². The number of nitrogens with zero attached hydrogens (tertiary/aromatic N) is 2. The Balaban J connectivity index is 1.44. The van der Waals surface area contributed by atoms with Gasteiger partial charge in [0, 0.05) is 42.2 Å². The molecule has 3 N–H and O–H groups in total. The number of aromatic nitrogens is 1. The van der Waals surface area contributed by atoms with Crippen LogP contribution in [0, 0.1) is 34.3 Å². The maximum absolute atomic E-state index is 14.5. The summed E-state index contributed by atoms with van der Waals surface area (Å²) in [7, 11) is 1.36. The monoisotopic (exact) mass is 469 g/mol. The van der Waals surface area contributed by atoms with Crippen molar-refractivity contribution in [2.45, 2.75) is 31.7 Å². The highest BCUT2D eigenvalue weighted by molar-refractivity contribution is 5.92. The molecule has 2 fully saturated rings. The lowest BCUT2D eigenvalue weighted by Crippen LogP contribution is -2.62. The normalized spacial score (nSPS) is 21.0. The summed E-state index contributed by atoms with van der Waals surface area (Å²) < 4.78 is 33.2. The van der Waals surface area contributed by atoms with Gasteiger partial charge in [0.2, 0.25) is 11.8 Å². The van der Waals surface area contributed by atoms with E-state index in [2.05, 4.69) is 27.0 Å². The maximum atomic E-state index is 14.5. The molecule has 4 rings (SSSR count). The smallest absolute Gasteiger partial charge is 0.243 e. The first-order chi connectivity index (χ1) is 16.3. The number of anilines is 1. The van der Waals surface area contributed by atoms with Gasteiger partial charge in [0.1, 0.15) is 23.2 Å². The van der Waals surface area contributed by atoms with Crippen molar-refractivity contribution < 1.29 is 23.1 Å². The average molecular weight is 469 g/mol. The van der Waals surface area contributed by atoms with Gasteiger partial charge in [-0.1, -0.05) is 6.42 Å². The van der Waals surface area contributed by atoms with Crippen LogP contribution in [0.2, 0.25) is 0 Å². The first kappa shape index (κ1) is 23.6. The van der Waals surface area contributed by atoms with Crippen molar-refractivity contribution in [1.29, 1.82) is 5.26 Å². The zero-order valence-electron chi connectivity index (χ0n) is 18.7. The largest absolute Gasteiger partial charge is 0.496 e. The number of nitriles is 1. The molecule has 0 unspecified atom stereocenters. The molecular formula is C24H25F2N5O3. The summed E-state index contributed by atoms with van der Waals surface area (Å²) in [6, 6.07) is 7.01. The van der Waals surface area contributed by atoms with Crippen LogP contribution in [0.1, 0.15) is 25.7 Å². The van der Waals surface area contributed by atoms with E-state index in [0.29, 0.717) is 31.5 Å². The van der Waals surface area contributed by atoms with E-state index in [1.165, 1.54) is 25.3 Å². The molecular weight excluding hydrogens is 444 g/mol. The Bertz CT molecular complexity index is 1150. The SMILES string of the molecule is COc1cc(F)ccc1-c1cc(NC(=O)[C@H]2CCC[C@@H](NC(=O)C3(C#N)CNC3)C2)ncc1F. The van der Waals surface area contributed by atoms with Gasteiger partial charge in [-0.3, -0.25) is 9.59 Å². The Kier molecular flexibility index (Phi) is 6.75. The molecule has 1 saturated heterocycles. The standard InChI is InChI=1S/C24H25F2N5O3/c1-34-20-8-15(25)5-6-17(20)18-9-21(29-10-19(18)26)31-22(32)14-3-2-4-16(7-14)30-23(33)24(11-27)12-28-13-24/h5-6,8-10,14,16,28H,2-4,7,12-13H2,1H3,(H,30,33)(H,29,31,32)/t14-,16+/m0/s1. The van der Waals surface area contributed by atoms with Crippen LogP contribution in [-0.2, 0) is 9.59 Å². The molecule has 1 aliphatic heterocycles. The highest BCUT2D eigenvalue weighted by atomic mass is 19.1. The minimum atomic E-state index is -1.04. The quantitative estimate of drug-likeness (QED) is 0.599. The molecule has 0 radical (unpaired) electrons. The third kappa shape index (κ3) is 4.70. The van der Waals surface area contributed by atoms with Gasteiger partial charge in [-0.05, 0) is 37.5 Å². The predicted molar refractivity (Wildman–Crippen MR) is 120 cm³/mol. The van der Waals surface area contributed by atoms with Crippen molar-refractivity contribution in [2.75, 3.05) is 25.5 Å². The van der Waals surface area contributed by atoms with Crippen LogP contribution in [0.5, 0.6) is 5.75 Å². The topological polar surface area (TPSA) is 116 Å². The van der Waals surface area contributed by atoms with Crippen LogP contribution in [0.15, 0.2) is 30.5 Å². The van der Waals surface area contributed by atoms with Gasteiger partial charge >= 0.3 is 0 Å². The highest BCUT2D eigenvalue weighted by Gasteiger charge is 2.45.